The van der Waals surface area contributed by atoms with Gasteiger partial charge in [-0.3, -0.25) is 4.79 Å². The van der Waals surface area contributed by atoms with E-state index in [9.17, 15) is 4.79 Å². The van der Waals surface area contributed by atoms with Crippen molar-refractivity contribution in [1.82, 2.24) is 0 Å². The van der Waals surface area contributed by atoms with Crippen molar-refractivity contribution < 1.29 is 14.3 Å². The molecule has 4 heteroatoms. The van der Waals surface area contributed by atoms with E-state index in [4.69, 9.17) is 9.47 Å². The normalized spacial score (nSPS) is 16.5. The fourth-order valence-electron chi connectivity index (χ4n) is 2.93. The topological polar surface area (TPSA) is 47.6 Å². The lowest BCUT2D eigenvalue weighted by molar-refractivity contribution is -0.118. The molecule has 0 spiro atoms. The minimum Gasteiger partial charge on any atom is -0.496 e. The highest BCUT2D eigenvalue weighted by molar-refractivity contribution is 5.98. The van der Waals surface area contributed by atoms with Gasteiger partial charge < -0.3 is 14.8 Å². The van der Waals surface area contributed by atoms with Crippen molar-refractivity contribution >= 4 is 11.6 Å². The molecule has 0 unspecified atom stereocenters. The Morgan fingerprint density at radius 2 is 2.05 bits per heavy atom. The monoisotopic (exact) mass is 295 g/mol. The number of amides is 1. The van der Waals surface area contributed by atoms with Crippen LogP contribution < -0.4 is 14.8 Å². The summed E-state index contributed by atoms with van der Waals surface area (Å²) < 4.78 is 11.2. The lowest BCUT2D eigenvalue weighted by Crippen LogP contribution is -2.25. The summed E-state index contributed by atoms with van der Waals surface area (Å²) in [6.45, 7) is 0.0481. The lowest BCUT2D eigenvalue weighted by Gasteiger charge is -2.21. The molecule has 1 aliphatic heterocycles. The van der Waals surface area contributed by atoms with E-state index >= 15 is 0 Å². The Bertz CT molecular complexity index is 750. The first-order valence-corrected chi connectivity index (χ1v) is 7.50. The largest absolute Gasteiger partial charge is 0.496 e. The van der Waals surface area contributed by atoms with Gasteiger partial charge in [0.2, 0.25) is 0 Å². The van der Waals surface area contributed by atoms with E-state index in [1.165, 1.54) is 18.4 Å². The Kier molecular flexibility index (Phi) is 3.03. The number of benzene rings is 2. The van der Waals surface area contributed by atoms with Crippen LogP contribution >= 0.6 is 0 Å². The van der Waals surface area contributed by atoms with Crippen LogP contribution in [0.1, 0.15) is 24.3 Å². The average molecular weight is 295 g/mol. The van der Waals surface area contributed by atoms with Gasteiger partial charge in [0, 0.05) is 11.1 Å². The third-order valence-corrected chi connectivity index (χ3v) is 4.20. The van der Waals surface area contributed by atoms with Crippen molar-refractivity contribution in [2.45, 2.75) is 18.8 Å². The third-order valence-electron chi connectivity index (χ3n) is 4.20. The zero-order chi connectivity index (χ0) is 15.1. The summed E-state index contributed by atoms with van der Waals surface area (Å²) in [5.41, 5.74) is 3.97. The molecule has 4 nitrogen and oxygen atoms in total. The number of nitrogens with one attached hydrogen (secondary N) is 1. The Hall–Kier alpha value is -2.49. The number of rotatable bonds is 3. The van der Waals surface area contributed by atoms with Crippen LogP contribution in [0, 0.1) is 0 Å². The van der Waals surface area contributed by atoms with E-state index in [-0.39, 0.29) is 12.5 Å². The number of hydrogen-bond acceptors (Lipinski definition) is 3. The minimum atomic E-state index is -0.124. The molecule has 2 aliphatic rings. The van der Waals surface area contributed by atoms with Gasteiger partial charge in [0.25, 0.3) is 5.91 Å². The quantitative estimate of drug-likeness (QED) is 0.941. The van der Waals surface area contributed by atoms with Crippen LogP contribution in [0.25, 0.3) is 11.1 Å². The maximum absolute atomic E-state index is 11.5. The first-order chi connectivity index (χ1) is 10.8. The molecule has 1 fully saturated rings. The molecule has 1 N–H and O–H groups in total. The Balaban J connectivity index is 1.82. The first kappa shape index (κ1) is 13.2. The summed E-state index contributed by atoms with van der Waals surface area (Å²) in [7, 11) is 1.69. The van der Waals surface area contributed by atoms with Gasteiger partial charge in [-0.05, 0) is 36.5 Å². The highest BCUT2D eigenvalue weighted by Gasteiger charge is 2.26. The molecule has 1 saturated carbocycles. The van der Waals surface area contributed by atoms with Crippen LogP contribution in [0.5, 0.6) is 11.5 Å². The fourth-order valence-corrected chi connectivity index (χ4v) is 2.93. The van der Waals surface area contributed by atoms with Gasteiger partial charge in [-0.2, -0.15) is 0 Å². The molecule has 1 amide bonds. The summed E-state index contributed by atoms with van der Waals surface area (Å²) >= 11 is 0. The number of fused-ring (bicyclic) bond motifs is 1. The van der Waals surface area contributed by atoms with Gasteiger partial charge in [0.1, 0.15) is 5.75 Å². The maximum atomic E-state index is 11.5. The van der Waals surface area contributed by atoms with Crippen molar-refractivity contribution in [1.29, 1.82) is 0 Å². The maximum Gasteiger partial charge on any atom is 0.262 e. The molecule has 4 rings (SSSR count). The van der Waals surface area contributed by atoms with Gasteiger partial charge in [-0.25, -0.2) is 0 Å². The molecule has 0 aromatic heterocycles. The number of ether oxygens (including phenoxy) is 2. The van der Waals surface area contributed by atoms with Gasteiger partial charge in [-0.1, -0.05) is 24.3 Å². The number of anilines is 1. The van der Waals surface area contributed by atoms with Crippen LogP contribution in [-0.2, 0) is 4.79 Å². The lowest BCUT2D eigenvalue weighted by atomic mass is 9.99. The standard InChI is InChI=1S/C18H17NO3/c1-21-16-9-12(11-5-6-11)7-8-13(16)14-3-2-4-15-18(14)22-10-17(20)19-15/h2-4,7-9,11H,5-6,10H2,1H3,(H,19,20). The zero-order valence-electron chi connectivity index (χ0n) is 12.4. The molecular formula is C18H17NO3. The molecule has 22 heavy (non-hydrogen) atoms. The Morgan fingerprint density at radius 3 is 2.82 bits per heavy atom. The highest BCUT2D eigenvalue weighted by Crippen LogP contribution is 2.46. The number of methoxy groups -OCH3 is 1. The number of para-hydroxylation sites is 1. The second-order valence-electron chi connectivity index (χ2n) is 5.75. The molecule has 0 radical (unpaired) electrons. The van der Waals surface area contributed by atoms with E-state index in [1.54, 1.807) is 7.11 Å². The van der Waals surface area contributed by atoms with Gasteiger partial charge in [0.05, 0.1) is 12.8 Å². The van der Waals surface area contributed by atoms with Crippen molar-refractivity contribution in [3.05, 3.63) is 42.0 Å². The molecule has 0 bridgehead atoms. The van der Waals surface area contributed by atoms with Crippen molar-refractivity contribution in [3.63, 3.8) is 0 Å². The van der Waals surface area contributed by atoms with E-state index < -0.39 is 0 Å². The van der Waals surface area contributed by atoms with Crippen LogP contribution in [0.3, 0.4) is 0 Å². The first-order valence-electron chi connectivity index (χ1n) is 7.50. The van der Waals surface area contributed by atoms with Crippen LogP contribution in [0.15, 0.2) is 36.4 Å². The predicted molar refractivity (Wildman–Crippen MR) is 84.5 cm³/mol. The van der Waals surface area contributed by atoms with Gasteiger partial charge in [0.15, 0.2) is 12.4 Å². The molecule has 2 aromatic rings. The summed E-state index contributed by atoms with van der Waals surface area (Å²) in [5.74, 6) is 2.11. The summed E-state index contributed by atoms with van der Waals surface area (Å²) in [6.07, 6.45) is 2.52. The van der Waals surface area contributed by atoms with E-state index in [2.05, 4.69) is 23.5 Å². The summed E-state index contributed by atoms with van der Waals surface area (Å²) in [4.78, 5) is 11.5. The summed E-state index contributed by atoms with van der Waals surface area (Å²) in [6, 6.07) is 12.1. The van der Waals surface area contributed by atoms with Gasteiger partial charge in [-0.15, -0.1) is 0 Å². The van der Waals surface area contributed by atoms with Crippen molar-refractivity contribution in [2.75, 3.05) is 19.0 Å². The van der Waals surface area contributed by atoms with Crippen molar-refractivity contribution in [2.24, 2.45) is 0 Å². The van der Waals surface area contributed by atoms with Crippen LogP contribution in [0.4, 0.5) is 5.69 Å². The molecule has 1 heterocycles. The zero-order valence-corrected chi connectivity index (χ0v) is 12.4. The number of hydrogen-bond donors (Lipinski definition) is 1. The van der Waals surface area contributed by atoms with E-state index in [0.29, 0.717) is 17.4 Å². The number of carbonyl (C=O) groups excluding carboxylic acids is 1. The second kappa shape index (κ2) is 5.05. The molecule has 1 aliphatic carbocycles. The molecular weight excluding hydrogens is 278 g/mol. The Morgan fingerprint density at radius 1 is 1.18 bits per heavy atom. The van der Waals surface area contributed by atoms with Crippen molar-refractivity contribution in [3.8, 4) is 22.6 Å². The minimum absolute atomic E-state index is 0.0481. The smallest absolute Gasteiger partial charge is 0.262 e. The SMILES string of the molecule is COc1cc(C2CC2)ccc1-c1cccc2c1OCC(=O)N2. The van der Waals surface area contributed by atoms with Crippen LogP contribution in [-0.4, -0.2) is 19.6 Å². The second-order valence-corrected chi connectivity index (χ2v) is 5.75. The number of carbonyl (C=O) groups is 1. The highest BCUT2D eigenvalue weighted by atomic mass is 16.5. The fraction of sp³-hybridized carbons (Fsp3) is 0.278. The molecule has 2 aromatic carbocycles. The molecule has 0 atom stereocenters. The molecule has 112 valence electrons. The third kappa shape index (κ3) is 2.21. The van der Waals surface area contributed by atoms with E-state index in [0.717, 1.165) is 16.9 Å². The van der Waals surface area contributed by atoms with E-state index in [1.807, 2.05) is 18.2 Å². The summed E-state index contributed by atoms with van der Waals surface area (Å²) in [5, 5.41) is 2.84. The predicted octanol–water partition coefficient (Wildman–Crippen LogP) is 3.57. The van der Waals surface area contributed by atoms with Gasteiger partial charge >= 0.3 is 0 Å². The van der Waals surface area contributed by atoms with Crippen LogP contribution in [0.2, 0.25) is 0 Å². The average Bonchev–Trinajstić information content (AvgIpc) is 3.38. The Labute approximate surface area is 129 Å². The molecule has 0 saturated heterocycles.